The largest absolute Gasteiger partial charge is 0.416 e. The molecule has 38 heavy (non-hydrogen) atoms. The monoisotopic (exact) mass is 519 g/mol. The number of alkyl halides is 3. The lowest BCUT2D eigenvalue weighted by atomic mass is 10.1. The van der Waals surface area contributed by atoms with E-state index in [9.17, 15) is 18.0 Å². The summed E-state index contributed by atoms with van der Waals surface area (Å²) >= 11 is 0. The maximum Gasteiger partial charge on any atom is 0.416 e. The average molecular weight is 520 g/mol. The van der Waals surface area contributed by atoms with Gasteiger partial charge in [-0.3, -0.25) is 14.9 Å². The summed E-state index contributed by atoms with van der Waals surface area (Å²) in [5, 5.41) is 7.09. The van der Waals surface area contributed by atoms with E-state index < -0.39 is 11.7 Å². The second-order valence-electron chi connectivity index (χ2n) is 9.38. The van der Waals surface area contributed by atoms with Crippen LogP contribution >= 0.6 is 0 Å². The van der Waals surface area contributed by atoms with Crippen molar-refractivity contribution >= 4 is 23.4 Å². The summed E-state index contributed by atoms with van der Waals surface area (Å²) in [6, 6.07) is 15.3. The first-order valence-electron chi connectivity index (χ1n) is 12.3. The van der Waals surface area contributed by atoms with Gasteiger partial charge in [0.1, 0.15) is 5.82 Å². The Bertz CT molecular complexity index is 1510. The highest BCUT2D eigenvalue weighted by Crippen LogP contribution is 2.40. The fraction of sp³-hybridized carbons (Fsp3) is 0.259. The van der Waals surface area contributed by atoms with E-state index in [1.54, 1.807) is 34.0 Å². The summed E-state index contributed by atoms with van der Waals surface area (Å²) in [5.41, 5.74) is 2.21. The summed E-state index contributed by atoms with van der Waals surface area (Å²) < 4.78 is 41.7. The molecule has 8 nitrogen and oxygen atoms in total. The second-order valence-corrected chi connectivity index (χ2v) is 9.38. The fourth-order valence-corrected chi connectivity index (χ4v) is 5.12. The van der Waals surface area contributed by atoms with Gasteiger partial charge in [-0.1, -0.05) is 18.2 Å². The SMILES string of the molecule is Cn1nccc1-c1cccc(NC(=O)N2c3nc(-c4cccc(C(F)(F)F)c4)ccc3N3CCC2CC3)n1. The molecule has 0 unspecified atom stereocenters. The van der Waals surface area contributed by atoms with Crippen LogP contribution in [0.5, 0.6) is 0 Å². The number of benzene rings is 1. The predicted molar refractivity (Wildman–Crippen MR) is 138 cm³/mol. The van der Waals surface area contributed by atoms with Crippen LogP contribution in [0.2, 0.25) is 0 Å². The molecule has 1 fully saturated rings. The number of aryl methyl sites for hydroxylation is 1. The highest BCUT2D eigenvalue weighted by molar-refractivity contribution is 6.03. The molecular formula is C27H24F3N7O. The number of carbonyl (C=O) groups excluding carboxylic acids is 1. The minimum absolute atomic E-state index is 0.1000. The second kappa shape index (κ2) is 9.16. The predicted octanol–water partition coefficient (Wildman–Crippen LogP) is 5.58. The van der Waals surface area contributed by atoms with Crippen molar-refractivity contribution < 1.29 is 18.0 Å². The number of rotatable bonds is 3. The smallest absolute Gasteiger partial charge is 0.368 e. The number of aromatic nitrogens is 4. The van der Waals surface area contributed by atoms with Gasteiger partial charge in [0.25, 0.3) is 0 Å². The summed E-state index contributed by atoms with van der Waals surface area (Å²) in [7, 11) is 1.82. The zero-order valence-corrected chi connectivity index (χ0v) is 20.5. The molecule has 3 aliphatic rings. The topological polar surface area (TPSA) is 79.2 Å². The molecule has 3 aliphatic heterocycles. The van der Waals surface area contributed by atoms with Gasteiger partial charge in [0.05, 0.1) is 28.3 Å². The van der Waals surface area contributed by atoms with Crippen LogP contribution in [-0.2, 0) is 13.2 Å². The van der Waals surface area contributed by atoms with Crippen LogP contribution in [0.15, 0.2) is 66.9 Å². The zero-order chi connectivity index (χ0) is 26.4. The average Bonchev–Trinajstić information content (AvgIpc) is 3.21. The summed E-state index contributed by atoms with van der Waals surface area (Å²) in [5.74, 6) is 0.809. The lowest BCUT2D eigenvalue weighted by molar-refractivity contribution is -0.137. The molecule has 0 spiro atoms. The molecule has 6 heterocycles. The number of pyridine rings is 2. The van der Waals surface area contributed by atoms with Crippen LogP contribution < -0.4 is 15.1 Å². The molecular weight excluding hydrogens is 495 g/mol. The van der Waals surface area contributed by atoms with E-state index in [4.69, 9.17) is 4.98 Å². The minimum Gasteiger partial charge on any atom is -0.368 e. The molecule has 7 rings (SSSR count). The number of piperidine rings is 1. The molecule has 2 amide bonds. The van der Waals surface area contributed by atoms with E-state index in [-0.39, 0.29) is 12.1 Å². The zero-order valence-electron chi connectivity index (χ0n) is 20.5. The molecule has 194 valence electrons. The van der Waals surface area contributed by atoms with E-state index in [0.717, 1.165) is 49.4 Å². The van der Waals surface area contributed by atoms with E-state index >= 15 is 0 Å². The van der Waals surface area contributed by atoms with Crippen LogP contribution in [0, 0.1) is 0 Å². The van der Waals surface area contributed by atoms with Gasteiger partial charge in [-0.15, -0.1) is 0 Å². The van der Waals surface area contributed by atoms with Crippen molar-refractivity contribution in [3.05, 3.63) is 72.4 Å². The Morgan fingerprint density at radius 2 is 1.76 bits per heavy atom. The van der Waals surface area contributed by atoms with E-state index in [1.807, 2.05) is 31.3 Å². The molecule has 0 atom stereocenters. The Labute approximate surface area is 216 Å². The molecule has 1 aromatic carbocycles. The van der Waals surface area contributed by atoms with Gasteiger partial charge < -0.3 is 4.90 Å². The molecule has 2 bridgehead atoms. The van der Waals surface area contributed by atoms with Crippen molar-refractivity contribution in [2.45, 2.75) is 25.1 Å². The van der Waals surface area contributed by atoms with Crippen LogP contribution in [0.4, 0.5) is 35.3 Å². The van der Waals surface area contributed by atoms with Crippen molar-refractivity contribution in [1.82, 2.24) is 19.7 Å². The Morgan fingerprint density at radius 3 is 2.50 bits per heavy atom. The molecule has 11 heteroatoms. The fourth-order valence-electron chi connectivity index (χ4n) is 5.12. The Kier molecular flexibility index (Phi) is 5.77. The third-order valence-corrected chi connectivity index (χ3v) is 7.02. The normalized spacial score (nSPS) is 15.4. The van der Waals surface area contributed by atoms with Gasteiger partial charge in [0.15, 0.2) is 5.82 Å². The van der Waals surface area contributed by atoms with E-state index in [0.29, 0.717) is 28.6 Å². The third-order valence-electron chi connectivity index (χ3n) is 7.02. The van der Waals surface area contributed by atoms with Crippen molar-refractivity contribution in [1.29, 1.82) is 0 Å². The molecule has 4 aromatic rings. The Balaban J connectivity index is 1.36. The summed E-state index contributed by atoms with van der Waals surface area (Å²) in [4.78, 5) is 26.9. The quantitative estimate of drug-likeness (QED) is 0.382. The first-order valence-corrected chi connectivity index (χ1v) is 12.3. The van der Waals surface area contributed by atoms with E-state index in [2.05, 4.69) is 20.3 Å². The van der Waals surface area contributed by atoms with Crippen molar-refractivity contribution in [2.75, 3.05) is 28.2 Å². The first-order chi connectivity index (χ1) is 18.3. The van der Waals surface area contributed by atoms with Gasteiger partial charge in [-0.05, 0) is 55.3 Å². The van der Waals surface area contributed by atoms with Gasteiger partial charge in [-0.2, -0.15) is 18.3 Å². The van der Waals surface area contributed by atoms with Crippen molar-refractivity contribution in [3.8, 4) is 22.6 Å². The Morgan fingerprint density at radius 1 is 0.974 bits per heavy atom. The minimum atomic E-state index is -4.46. The van der Waals surface area contributed by atoms with Gasteiger partial charge in [-0.25, -0.2) is 14.8 Å². The summed E-state index contributed by atoms with van der Waals surface area (Å²) in [6.07, 6.45) is -1.28. The highest BCUT2D eigenvalue weighted by Gasteiger charge is 2.37. The highest BCUT2D eigenvalue weighted by atomic mass is 19.4. The standard InChI is InChI=1S/C27H24F3N7O/c1-35-22(10-13-31-35)21-6-3-7-24(32-21)34-26(38)37-19-11-14-36(15-12-19)23-9-8-20(33-25(23)37)17-4-2-5-18(16-17)27(28,29)30/h2-10,13,16,19H,11-12,14-15H2,1H3,(H,32,34,38). The third kappa shape index (κ3) is 4.33. The first kappa shape index (κ1) is 24.0. The number of hydrogen-bond acceptors (Lipinski definition) is 5. The number of fused-ring (bicyclic) bond motifs is 2. The van der Waals surface area contributed by atoms with Gasteiger partial charge >= 0.3 is 12.2 Å². The van der Waals surface area contributed by atoms with Crippen LogP contribution in [0.3, 0.4) is 0 Å². The number of hydrogen-bond donors (Lipinski definition) is 1. The lowest BCUT2D eigenvalue weighted by Crippen LogP contribution is -2.46. The molecule has 1 N–H and O–H groups in total. The van der Waals surface area contributed by atoms with Crippen LogP contribution in [0.1, 0.15) is 18.4 Å². The lowest BCUT2D eigenvalue weighted by Gasteiger charge is -2.31. The van der Waals surface area contributed by atoms with Gasteiger partial charge in [0, 0.05) is 37.9 Å². The number of nitrogens with one attached hydrogen (secondary N) is 1. The molecule has 0 aliphatic carbocycles. The number of urea groups is 1. The molecule has 1 saturated heterocycles. The Hall–Kier alpha value is -4.41. The maximum absolute atomic E-state index is 13.7. The van der Waals surface area contributed by atoms with Crippen LogP contribution in [0.25, 0.3) is 22.6 Å². The maximum atomic E-state index is 13.7. The number of nitrogens with zero attached hydrogens (tertiary/aromatic N) is 6. The van der Waals surface area contributed by atoms with Crippen molar-refractivity contribution in [3.63, 3.8) is 0 Å². The molecule has 0 radical (unpaired) electrons. The summed E-state index contributed by atoms with van der Waals surface area (Å²) in [6.45, 7) is 1.53. The number of anilines is 3. The van der Waals surface area contributed by atoms with Crippen LogP contribution in [-0.4, -0.2) is 44.9 Å². The number of amides is 2. The molecule has 0 saturated carbocycles. The van der Waals surface area contributed by atoms with E-state index in [1.165, 1.54) is 6.07 Å². The molecule has 3 aromatic heterocycles. The number of halogens is 3. The van der Waals surface area contributed by atoms with Gasteiger partial charge in [0.2, 0.25) is 0 Å². The number of carbonyl (C=O) groups is 1. The van der Waals surface area contributed by atoms with Crippen molar-refractivity contribution in [2.24, 2.45) is 7.05 Å².